The predicted molar refractivity (Wildman–Crippen MR) is 64.6 cm³/mol. The summed E-state index contributed by atoms with van der Waals surface area (Å²) in [5, 5.41) is 36.5. The van der Waals surface area contributed by atoms with Crippen LogP contribution in [-0.2, 0) is 19.4 Å². The highest BCUT2D eigenvalue weighted by Crippen LogP contribution is 2.28. The van der Waals surface area contributed by atoms with Crippen LogP contribution in [0.2, 0.25) is 0 Å². The number of aliphatic carboxylic acids is 2. The molecule has 4 N–H and O–H groups in total. The number of carboxylic acids is 2. The number of aliphatic hydroxyl groups is 2. The molecule has 0 aliphatic heterocycles. The lowest BCUT2D eigenvalue weighted by molar-refractivity contribution is -0.170. The van der Waals surface area contributed by atoms with E-state index in [0.717, 1.165) is 12.1 Å². The van der Waals surface area contributed by atoms with E-state index in [0.29, 0.717) is 5.56 Å². The summed E-state index contributed by atoms with van der Waals surface area (Å²) >= 11 is 0. The summed E-state index contributed by atoms with van der Waals surface area (Å²) in [5.41, 5.74) is 0.668. The average molecular weight is 304 g/mol. The first-order valence-corrected chi connectivity index (χ1v) is 6.71. The molecule has 0 spiro atoms. The van der Waals surface area contributed by atoms with Crippen molar-refractivity contribution in [2.45, 2.75) is 22.9 Å². The Balaban J connectivity index is 3.52. The van der Waals surface area contributed by atoms with Crippen molar-refractivity contribution in [1.82, 2.24) is 0 Å². The minimum Gasteiger partial charge on any atom is -0.479 e. The van der Waals surface area contributed by atoms with Gasteiger partial charge in [0.05, 0.1) is 4.90 Å². The fourth-order valence-electron chi connectivity index (χ4n) is 1.44. The SMILES string of the molecule is Cc1ccc(S(=O)(=O)C(O)(C(=O)O)C(O)C(=O)O)cc1. The summed E-state index contributed by atoms with van der Waals surface area (Å²) in [6, 6.07) is 4.69. The highest BCUT2D eigenvalue weighted by molar-refractivity contribution is 7.93. The standard InChI is InChI=1S/C11H12O8S/c1-6-2-4-7(5-3-6)20(18,19)11(17,10(15)16)8(12)9(13)14/h2-5,8,12,17H,1H3,(H,13,14)(H,15,16). The number of aliphatic hydroxyl groups excluding tert-OH is 1. The molecule has 8 nitrogen and oxygen atoms in total. The van der Waals surface area contributed by atoms with Crippen molar-refractivity contribution in [2.75, 3.05) is 0 Å². The van der Waals surface area contributed by atoms with Gasteiger partial charge in [0, 0.05) is 0 Å². The molecule has 0 bridgehead atoms. The van der Waals surface area contributed by atoms with E-state index in [-0.39, 0.29) is 0 Å². The van der Waals surface area contributed by atoms with Crippen molar-refractivity contribution in [3.05, 3.63) is 29.8 Å². The van der Waals surface area contributed by atoms with E-state index in [4.69, 9.17) is 10.2 Å². The van der Waals surface area contributed by atoms with Crippen molar-refractivity contribution in [2.24, 2.45) is 0 Å². The molecule has 1 aromatic carbocycles. The third kappa shape index (κ3) is 2.38. The number of aryl methyl sites for hydroxylation is 1. The molecule has 0 aliphatic rings. The van der Waals surface area contributed by atoms with Crippen LogP contribution in [0, 0.1) is 6.92 Å². The first-order chi connectivity index (χ1) is 9.05. The van der Waals surface area contributed by atoms with Crippen molar-refractivity contribution < 1.29 is 38.4 Å². The van der Waals surface area contributed by atoms with Gasteiger partial charge in [-0.3, -0.25) is 0 Å². The summed E-state index contributed by atoms with van der Waals surface area (Å²) in [6.45, 7) is 1.64. The van der Waals surface area contributed by atoms with Gasteiger partial charge in [-0.1, -0.05) is 17.7 Å². The molecular weight excluding hydrogens is 292 g/mol. The van der Waals surface area contributed by atoms with Crippen LogP contribution in [0.25, 0.3) is 0 Å². The topological polar surface area (TPSA) is 149 Å². The van der Waals surface area contributed by atoms with Crippen molar-refractivity contribution in [1.29, 1.82) is 0 Å². The third-order valence-electron chi connectivity index (χ3n) is 2.65. The molecule has 1 rings (SSSR count). The molecule has 1 aromatic rings. The maximum Gasteiger partial charge on any atom is 0.355 e. The van der Waals surface area contributed by atoms with Crippen molar-refractivity contribution in [3.8, 4) is 0 Å². The second-order valence-corrected chi connectivity index (χ2v) is 6.16. The van der Waals surface area contributed by atoms with Crippen molar-refractivity contribution in [3.63, 3.8) is 0 Å². The van der Waals surface area contributed by atoms with Crippen LogP contribution in [0.5, 0.6) is 0 Å². The number of sulfone groups is 1. The lowest BCUT2D eigenvalue weighted by Crippen LogP contribution is -2.58. The van der Waals surface area contributed by atoms with Gasteiger partial charge in [-0.15, -0.1) is 0 Å². The van der Waals surface area contributed by atoms with E-state index in [1.165, 1.54) is 12.1 Å². The molecule has 0 amide bonds. The predicted octanol–water partition coefficient (Wildman–Crippen LogP) is -1.01. The Hall–Kier alpha value is -1.97. The largest absolute Gasteiger partial charge is 0.479 e. The van der Waals surface area contributed by atoms with Crippen LogP contribution in [-0.4, -0.2) is 51.8 Å². The molecule has 0 radical (unpaired) electrons. The smallest absolute Gasteiger partial charge is 0.355 e. The van der Waals surface area contributed by atoms with E-state index in [1.54, 1.807) is 6.92 Å². The lowest BCUT2D eigenvalue weighted by atomic mass is 10.2. The van der Waals surface area contributed by atoms with Crippen molar-refractivity contribution >= 4 is 21.8 Å². The van der Waals surface area contributed by atoms with Gasteiger partial charge in [-0.2, -0.15) is 0 Å². The molecular formula is C11H12O8S. The summed E-state index contributed by atoms with van der Waals surface area (Å²) < 4.78 is 24.2. The highest BCUT2D eigenvalue weighted by Gasteiger charge is 2.59. The highest BCUT2D eigenvalue weighted by atomic mass is 32.2. The quantitative estimate of drug-likeness (QED) is 0.540. The normalized spacial score (nSPS) is 16.1. The van der Waals surface area contributed by atoms with Gasteiger partial charge in [-0.05, 0) is 19.1 Å². The molecule has 20 heavy (non-hydrogen) atoms. The van der Waals surface area contributed by atoms with Gasteiger partial charge in [-0.25, -0.2) is 18.0 Å². The van der Waals surface area contributed by atoms with E-state index in [2.05, 4.69) is 0 Å². The summed E-state index contributed by atoms with van der Waals surface area (Å²) in [5.74, 6) is -4.56. The summed E-state index contributed by atoms with van der Waals surface area (Å²) in [4.78, 5) is 17.1. The molecule has 2 unspecified atom stereocenters. The van der Waals surface area contributed by atoms with Crippen LogP contribution in [0.15, 0.2) is 29.2 Å². The van der Waals surface area contributed by atoms with E-state index < -0.39 is 37.7 Å². The van der Waals surface area contributed by atoms with Crippen LogP contribution in [0.1, 0.15) is 5.56 Å². The third-order valence-corrected chi connectivity index (χ3v) is 4.76. The molecule has 0 saturated carbocycles. The monoisotopic (exact) mass is 304 g/mol. The molecule has 110 valence electrons. The Morgan fingerprint density at radius 3 is 1.95 bits per heavy atom. The van der Waals surface area contributed by atoms with E-state index in [1.807, 2.05) is 0 Å². The Labute approximate surface area is 113 Å². The zero-order valence-electron chi connectivity index (χ0n) is 10.2. The van der Waals surface area contributed by atoms with Gasteiger partial charge in [0.15, 0.2) is 0 Å². The maximum absolute atomic E-state index is 12.1. The van der Waals surface area contributed by atoms with Gasteiger partial charge in [0.25, 0.3) is 0 Å². The van der Waals surface area contributed by atoms with Gasteiger partial charge < -0.3 is 20.4 Å². The van der Waals surface area contributed by atoms with Gasteiger partial charge in [0.2, 0.25) is 15.9 Å². The number of hydrogen-bond donors (Lipinski definition) is 4. The molecule has 0 fully saturated rings. The number of carbonyl (C=O) groups is 2. The first-order valence-electron chi connectivity index (χ1n) is 5.23. The number of carboxylic acid groups (broad SMARTS) is 2. The molecule has 0 heterocycles. The summed E-state index contributed by atoms with van der Waals surface area (Å²) in [7, 11) is -5.04. The first kappa shape index (κ1) is 16.1. The minimum absolute atomic E-state index is 0.617. The molecule has 0 aliphatic carbocycles. The zero-order chi connectivity index (χ0) is 15.7. The second kappa shape index (κ2) is 5.19. The van der Waals surface area contributed by atoms with Crippen LogP contribution in [0.4, 0.5) is 0 Å². The second-order valence-electron chi connectivity index (χ2n) is 4.06. The fourth-order valence-corrected chi connectivity index (χ4v) is 2.92. The Morgan fingerprint density at radius 2 is 1.60 bits per heavy atom. The number of rotatable bonds is 5. The van der Waals surface area contributed by atoms with E-state index in [9.17, 15) is 28.2 Å². The lowest BCUT2D eigenvalue weighted by Gasteiger charge is -2.25. The Morgan fingerprint density at radius 1 is 1.15 bits per heavy atom. The molecule has 9 heteroatoms. The average Bonchev–Trinajstić information content (AvgIpc) is 2.36. The fraction of sp³-hybridized carbons (Fsp3) is 0.273. The van der Waals surface area contributed by atoms with E-state index >= 15 is 0 Å². The molecule has 0 aromatic heterocycles. The van der Waals surface area contributed by atoms with Crippen LogP contribution in [0.3, 0.4) is 0 Å². The zero-order valence-corrected chi connectivity index (χ0v) is 11.0. The Kier molecular flexibility index (Phi) is 4.18. The molecule has 0 saturated heterocycles. The minimum atomic E-state index is -5.04. The maximum atomic E-state index is 12.1. The van der Waals surface area contributed by atoms with Gasteiger partial charge in [0.1, 0.15) is 0 Å². The van der Waals surface area contributed by atoms with Crippen LogP contribution >= 0.6 is 0 Å². The van der Waals surface area contributed by atoms with Gasteiger partial charge >= 0.3 is 16.9 Å². The number of hydrogen-bond acceptors (Lipinski definition) is 6. The summed E-state index contributed by atoms with van der Waals surface area (Å²) in [6.07, 6.45) is -3.04. The number of benzene rings is 1. The van der Waals surface area contributed by atoms with Crippen LogP contribution < -0.4 is 0 Å². The Bertz CT molecular complexity index is 633. The molecule has 2 atom stereocenters.